The lowest BCUT2D eigenvalue weighted by Crippen LogP contribution is -1.97. The van der Waals surface area contributed by atoms with Crippen molar-refractivity contribution in [2.24, 2.45) is 0 Å². The van der Waals surface area contributed by atoms with Crippen LogP contribution in [0.4, 0.5) is 0 Å². The van der Waals surface area contributed by atoms with Crippen molar-refractivity contribution < 1.29 is 9.47 Å². The van der Waals surface area contributed by atoms with Crippen LogP contribution in [0.5, 0.6) is 11.5 Å². The summed E-state index contributed by atoms with van der Waals surface area (Å²) in [5.74, 6) is 1.78. The zero-order valence-corrected chi connectivity index (χ0v) is 10.4. The Balaban J connectivity index is 2.40. The lowest BCUT2D eigenvalue weighted by atomic mass is 10.1. The molecular weight excluding hydrogens is 212 g/mol. The van der Waals surface area contributed by atoms with Crippen LogP contribution in [0.3, 0.4) is 0 Å². The first kappa shape index (κ1) is 11.8. The van der Waals surface area contributed by atoms with Crippen LogP contribution in [0.15, 0.2) is 36.4 Å². The zero-order chi connectivity index (χ0) is 12.1. The third kappa shape index (κ3) is 2.52. The van der Waals surface area contributed by atoms with Crippen molar-refractivity contribution in [3.8, 4) is 11.5 Å². The first-order chi connectivity index (χ1) is 8.36. The molecule has 0 saturated heterocycles. The highest BCUT2D eigenvalue weighted by molar-refractivity contribution is 5.93. The van der Waals surface area contributed by atoms with Gasteiger partial charge in [0.25, 0.3) is 0 Å². The van der Waals surface area contributed by atoms with Gasteiger partial charge < -0.3 is 9.47 Å². The smallest absolute Gasteiger partial charge is 0.130 e. The van der Waals surface area contributed by atoms with E-state index in [1.807, 2.05) is 24.3 Å². The van der Waals surface area contributed by atoms with Gasteiger partial charge in [-0.2, -0.15) is 0 Å². The van der Waals surface area contributed by atoms with Crippen LogP contribution in [0, 0.1) is 0 Å². The molecule has 0 atom stereocenters. The van der Waals surface area contributed by atoms with E-state index >= 15 is 0 Å². The molecule has 17 heavy (non-hydrogen) atoms. The lowest BCUT2D eigenvalue weighted by molar-refractivity contribution is 0.311. The van der Waals surface area contributed by atoms with E-state index in [1.54, 1.807) is 7.11 Å². The minimum absolute atomic E-state index is 0.758. The van der Waals surface area contributed by atoms with E-state index in [4.69, 9.17) is 9.47 Å². The number of hydrogen-bond donors (Lipinski definition) is 0. The van der Waals surface area contributed by atoms with Gasteiger partial charge in [0.2, 0.25) is 0 Å². The molecule has 0 fully saturated rings. The number of unbranched alkanes of at least 4 members (excludes halogenated alkanes) is 1. The molecule has 0 saturated carbocycles. The Morgan fingerprint density at radius 1 is 1.00 bits per heavy atom. The summed E-state index contributed by atoms with van der Waals surface area (Å²) in [4.78, 5) is 0. The molecule has 0 heterocycles. The number of methoxy groups -OCH3 is 1. The van der Waals surface area contributed by atoms with E-state index in [0.717, 1.165) is 41.7 Å². The molecule has 0 amide bonds. The molecule has 0 aliphatic rings. The monoisotopic (exact) mass is 230 g/mol. The summed E-state index contributed by atoms with van der Waals surface area (Å²) < 4.78 is 11.2. The van der Waals surface area contributed by atoms with Crippen LogP contribution in [-0.4, -0.2) is 13.7 Å². The molecule has 2 nitrogen and oxygen atoms in total. The van der Waals surface area contributed by atoms with Crippen LogP contribution < -0.4 is 9.47 Å². The SMILES string of the molecule is CCCCOc1cccc2cccc(OC)c12. The van der Waals surface area contributed by atoms with Crippen LogP contribution in [-0.2, 0) is 0 Å². The number of rotatable bonds is 5. The van der Waals surface area contributed by atoms with Crippen molar-refractivity contribution >= 4 is 10.8 Å². The Kier molecular flexibility index (Phi) is 3.86. The molecule has 0 aliphatic carbocycles. The van der Waals surface area contributed by atoms with Crippen LogP contribution >= 0.6 is 0 Å². The molecule has 0 aromatic heterocycles. The molecule has 0 unspecified atom stereocenters. The molecule has 90 valence electrons. The third-order valence-corrected chi connectivity index (χ3v) is 2.80. The summed E-state index contributed by atoms with van der Waals surface area (Å²) in [5, 5.41) is 2.21. The molecule has 2 aromatic rings. The fraction of sp³-hybridized carbons (Fsp3) is 0.333. The van der Waals surface area contributed by atoms with Gasteiger partial charge in [0, 0.05) is 0 Å². The van der Waals surface area contributed by atoms with Gasteiger partial charge in [-0.3, -0.25) is 0 Å². The number of fused-ring (bicyclic) bond motifs is 1. The predicted octanol–water partition coefficient (Wildman–Crippen LogP) is 4.03. The fourth-order valence-corrected chi connectivity index (χ4v) is 1.89. The molecule has 0 bridgehead atoms. The highest BCUT2D eigenvalue weighted by atomic mass is 16.5. The summed E-state index contributed by atoms with van der Waals surface area (Å²) >= 11 is 0. The van der Waals surface area contributed by atoms with E-state index in [2.05, 4.69) is 19.1 Å². The maximum atomic E-state index is 5.82. The normalized spacial score (nSPS) is 10.5. The fourth-order valence-electron chi connectivity index (χ4n) is 1.89. The predicted molar refractivity (Wildman–Crippen MR) is 70.9 cm³/mol. The van der Waals surface area contributed by atoms with Gasteiger partial charge in [-0.25, -0.2) is 0 Å². The van der Waals surface area contributed by atoms with Gasteiger partial charge in [-0.15, -0.1) is 0 Å². The molecule has 2 aromatic carbocycles. The number of hydrogen-bond acceptors (Lipinski definition) is 2. The van der Waals surface area contributed by atoms with Gasteiger partial charge in [-0.1, -0.05) is 37.6 Å². The van der Waals surface area contributed by atoms with Crippen molar-refractivity contribution in [3.63, 3.8) is 0 Å². The van der Waals surface area contributed by atoms with Gasteiger partial charge in [-0.05, 0) is 23.9 Å². The van der Waals surface area contributed by atoms with E-state index < -0.39 is 0 Å². The topological polar surface area (TPSA) is 18.5 Å². The van der Waals surface area contributed by atoms with Crippen LogP contribution in [0.1, 0.15) is 19.8 Å². The zero-order valence-electron chi connectivity index (χ0n) is 10.4. The Labute approximate surface area is 102 Å². The molecule has 0 N–H and O–H groups in total. The molecule has 0 spiro atoms. The van der Waals surface area contributed by atoms with Crippen molar-refractivity contribution in [2.75, 3.05) is 13.7 Å². The average molecular weight is 230 g/mol. The maximum Gasteiger partial charge on any atom is 0.130 e. The summed E-state index contributed by atoms with van der Waals surface area (Å²) in [5.41, 5.74) is 0. The van der Waals surface area contributed by atoms with Gasteiger partial charge in [0.05, 0.1) is 19.1 Å². The summed E-state index contributed by atoms with van der Waals surface area (Å²) in [6, 6.07) is 12.1. The van der Waals surface area contributed by atoms with E-state index in [0.29, 0.717) is 0 Å². The van der Waals surface area contributed by atoms with Crippen molar-refractivity contribution in [2.45, 2.75) is 19.8 Å². The Morgan fingerprint density at radius 2 is 1.71 bits per heavy atom. The second-order valence-electron chi connectivity index (χ2n) is 4.02. The summed E-state index contributed by atoms with van der Waals surface area (Å²) in [7, 11) is 1.69. The molecule has 2 heteroatoms. The van der Waals surface area contributed by atoms with Crippen LogP contribution in [0.2, 0.25) is 0 Å². The molecule has 0 aliphatic heterocycles. The first-order valence-electron chi connectivity index (χ1n) is 6.05. The minimum Gasteiger partial charge on any atom is -0.496 e. The van der Waals surface area contributed by atoms with Crippen molar-refractivity contribution in [1.82, 2.24) is 0 Å². The number of benzene rings is 2. The highest BCUT2D eigenvalue weighted by Crippen LogP contribution is 2.33. The van der Waals surface area contributed by atoms with E-state index in [-0.39, 0.29) is 0 Å². The van der Waals surface area contributed by atoms with Crippen molar-refractivity contribution in [3.05, 3.63) is 36.4 Å². The number of ether oxygens (including phenoxy) is 2. The minimum atomic E-state index is 0.758. The second kappa shape index (κ2) is 5.58. The largest absolute Gasteiger partial charge is 0.496 e. The summed E-state index contributed by atoms with van der Waals surface area (Å²) in [6.45, 7) is 2.92. The first-order valence-corrected chi connectivity index (χ1v) is 6.05. The maximum absolute atomic E-state index is 5.82. The molecule has 0 radical (unpaired) electrons. The standard InChI is InChI=1S/C15H18O2/c1-3-4-11-17-14-10-6-8-12-7-5-9-13(16-2)15(12)14/h5-10H,3-4,11H2,1-2H3. The summed E-state index contributed by atoms with van der Waals surface area (Å²) in [6.07, 6.45) is 2.22. The second-order valence-corrected chi connectivity index (χ2v) is 4.02. The highest BCUT2D eigenvalue weighted by Gasteiger charge is 2.07. The Hall–Kier alpha value is -1.70. The van der Waals surface area contributed by atoms with Gasteiger partial charge in [0.1, 0.15) is 11.5 Å². The quantitative estimate of drug-likeness (QED) is 0.722. The molecule has 2 rings (SSSR count). The third-order valence-electron chi connectivity index (χ3n) is 2.80. The Morgan fingerprint density at radius 3 is 2.35 bits per heavy atom. The average Bonchev–Trinajstić information content (AvgIpc) is 2.38. The van der Waals surface area contributed by atoms with Crippen molar-refractivity contribution in [1.29, 1.82) is 0 Å². The lowest BCUT2D eigenvalue weighted by Gasteiger charge is -2.11. The van der Waals surface area contributed by atoms with E-state index in [1.165, 1.54) is 0 Å². The van der Waals surface area contributed by atoms with Crippen LogP contribution in [0.25, 0.3) is 10.8 Å². The van der Waals surface area contributed by atoms with Gasteiger partial charge in [0.15, 0.2) is 0 Å². The Bertz CT molecular complexity index is 486. The molecular formula is C15H18O2. The van der Waals surface area contributed by atoms with E-state index in [9.17, 15) is 0 Å². The van der Waals surface area contributed by atoms with Gasteiger partial charge >= 0.3 is 0 Å².